The summed E-state index contributed by atoms with van der Waals surface area (Å²) >= 11 is 0. The van der Waals surface area contributed by atoms with Gasteiger partial charge < -0.3 is 10.1 Å². The van der Waals surface area contributed by atoms with Gasteiger partial charge in [-0.25, -0.2) is 8.78 Å². The van der Waals surface area contributed by atoms with Gasteiger partial charge in [0.05, 0.1) is 12.7 Å². The first-order chi connectivity index (χ1) is 14.9. The highest BCUT2D eigenvalue weighted by molar-refractivity contribution is 6.08. The van der Waals surface area contributed by atoms with Gasteiger partial charge in [-0.2, -0.15) is 9.78 Å². The molecule has 158 valence electrons. The van der Waals surface area contributed by atoms with Crippen molar-refractivity contribution in [2.75, 3.05) is 12.4 Å². The van der Waals surface area contributed by atoms with E-state index in [1.807, 2.05) is 0 Å². The van der Waals surface area contributed by atoms with Crippen LogP contribution in [0.3, 0.4) is 0 Å². The first-order valence-electron chi connectivity index (χ1n) is 9.11. The predicted octanol–water partition coefficient (Wildman–Crippen LogP) is 2.91. The number of nitrogens with one attached hydrogen (secondary N) is 1. The van der Waals surface area contributed by atoms with Crippen molar-refractivity contribution in [2.24, 2.45) is 7.05 Å². The number of amides is 1. The summed E-state index contributed by atoms with van der Waals surface area (Å²) in [6, 6.07) is 8.06. The van der Waals surface area contributed by atoms with Crippen LogP contribution in [-0.4, -0.2) is 43.0 Å². The normalized spacial score (nSPS) is 10.9. The highest BCUT2D eigenvalue weighted by atomic mass is 19.1. The van der Waals surface area contributed by atoms with Crippen LogP contribution in [0.15, 0.2) is 42.6 Å². The van der Waals surface area contributed by atoms with Crippen molar-refractivity contribution in [3.05, 3.63) is 65.6 Å². The van der Waals surface area contributed by atoms with Crippen molar-refractivity contribution < 1.29 is 18.3 Å². The lowest BCUT2D eigenvalue weighted by Gasteiger charge is -2.12. The second-order valence-electron chi connectivity index (χ2n) is 6.67. The molecule has 11 heteroatoms. The van der Waals surface area contributed by atoms with Gasteiger partial charge in [0.2, 0.25) is 0 Å². The molecule has 0 fully saturated rings. The zero-order valence-corrected chi connectivity index (χ0v) is 16.8. The van der Waals surface area contributed by atoms with Gasteiger partial charge in [0.15, 0.2) is 5.82 Å². The summed E-state index contributed by atoms with van der Waals surface area (Å²) in [5, 5.41) is 18.3. The maximum absolute atomic E-state index is 14.3. The summed E-state index contributed by atoms with van der Waals surface area (Å²) in [5.74, 6) is -1.01. The van der Waals surface area contributed by atoms with Gasteiger partial charge in [-0.05, 0) is 47.7 Å². The molecular formula is C20H17F2N7O2. The molecule has 0 saturated heterocycles. The van der Waals surface area contributed by atoms with E-state index < -0.39 is 17.5 Å². The summed E-state index contributed by atoms with van der Waals surface area (Å²) in [6.45, 7) is 1.73. The molecule has 1 N–H and O–H groups in total. The number of carbonyl (C=O) groups is 1. The van der Waals surface area contributed by atoms with Crippen molar-refractivity contribution in [3.63, 3.8) is 0 Å². The van der Waals surface area contributed by atoms with E-state index in [9.17, 15) is 13.6 Å². The van der Waals surface area contributed by atoms with Gasteiger partial charge >= 0.3 is 0 Å². The second kappa shape index (κ2) is 7.94. The van der Waals surface area contributed by atoms with Crippen LogP contribution in [-0.2, 0) is 7.05 Å². The zero-order chi connectivity index (χ0) is 22.1. The average Bonchev–Trinajstić information content (AvgIpc) is 3.33. The number of halogens is 2. The lowest BCUT2D eigenvalue weighted by molar-refractivity contribution is 0.102. The molecule has 0 aliphatic rings. The quantitative estimate of drug-likeness (QED) is 0.528. The Labute approximate surface area is 175 Å². The smallest absolute Gasteiger partial charge is 0.259 e. The van der Waals surface area contributed by atoms with E-state index in [2.05, 4.69) is 25.9 Å². The molecule has 0 unspecified atom stereocenters. The van der Waals surface area contributed by atoms with Crippen molar-refractivity contribution in [2.45, 2.75) is 6.92 Å². The first-order valence-corrected chi connectivity index (χ1v) is 9.11. The van der Waals surface area contributed by atoms with Crippen LogP contribution >= 0.6 is 0 Å². The number of benzene rings is 2. The topological polar surface area (TPSA) is 99.8 Å². The molecule has 31 heavy (non-hydrogen) atoms. The molecule has 2 aromatic carbocycles. The molecule has 0 radical (unpaired) electrons. The third-order valence-corrected chi connectivity index (χ3v) is 4.55. The predicted molar refractivity (Wildman–Crippen MR) is 107 cm³/mol. The van der Waals surface area contributed by atoms with Crippen LogP contribution in [0, 0.1) is 18.6 Å². The zero-order valence-electron chi connectivity index (χ0n) is 16.8. The van der Waals surface area contributed by atoms with Crippen molar-refractivity contribution >= 4 is 11.6 Å². The van der Waals surface area contributed by atoms with Gasteiger partial charge in [0.25, 0.3) is 5.91 Å². The molecule has 9 nitrogen and oxygen atoms in total. The van der Waals surface area contributed by atoms with E-state index in [1.54, 1.807) is 32.2 Å². The number of methoxy groups -OCH3 is 1. The Kier molecular flexibility index (Phi) is 5.15. The average molecular weight is 425 g/mol. The van der Waals surface area contributed by atoms with Crippen LogP contribution in [0.1, 0.15) is 16.2 Å². The summed E-state index contributed by atoms with van der Waals surface area (Å²) < 4.78 is 35.8. The first kappa shape index (κ1) is 20.1. The number of nitrogens with zero attached hydrogens (tertiary/aromatic N) is 6. The molecule has 0 aliphatic heterocycles. The highest BCUT2D eigenvalue weighted by Crippen LogP contribution is 2.29. The summed E-state index contributed by atoms with van der Waals surface area (Å²) in [4.78, 5) is 13.0. The Bertz CT molecular complexity index is 1280. The van der Waals surface area contributed by atoms with Crippen LogP contribution < -0.4 is 10.1 Å². The number of tetrazole rings is 1. The largest absolute Gasteiger partial charge is 0.494 e. The lowest BCUT2D eigenvalue weighted by Crippen LogP contribution is -2.13. The fourth-order valence-corrected chi connectivity index (χ4v) is 3.12. The fourth-order valence-electron chi connectivity index (χ4n) is 3.12. The van der Waals surface area contributed by atoms with E-state index in [4.69, 9.17) is 4.74 Å². The van der Waals surface area contributed by atoms with Crippen LogP contribution in [0.25, 0.3) is 16.9 Å². The third-order valence-electron chi connectivity index (χ3n) is 4.55. The lowest BCUT2D eigenvalue weighted by atomic mass is 10.1. The number of hydrogen-bond donors (Lipinski definition) is 1. The number of aromatic nitrogens is 6. The van der Waals surface area contributed by atoms with E-state index >= 15 is 0 Å². The Balaban J connectivity index is 1.69. The maximum atomic E-state index is 14.3. The molecule has 0 aliphatic carbocycles. The molecule has 0 spiro atoms. The molecule has 1 amide bonds. The van der Waals surface area contributed by atoms with E-state index in [-0.39, 0.29) is 16.8 Å². The van der Waals surface area contributed by atoms with Gasteiger partial charge in [-0.1, -0.05) is 0 Å². The number of hydrogen-bond acceptors (Lipinski definition) is 6. The molecular weight excluding hydrogens is 408 g/mol. The molecule has 4 aromatic rings. The van der Waals surface area contributed by atoms with E-state index in [1.165, 1.54) is 28.7 Å². The minimum absolute atomic E-state index is 0.0203. The summed E-state index contributed by atoms with van der Waals surface area (Å²) in [5.41, 5.74) is 1.21. The third kappa shape index (κ3) is 3.84. The number of rotatable bonds is 5. The highest BCUT2D eigenvalue weighted by Gasteiger charge is 2.21. The van der Waals surface area contributed by atoms with Gasteiger partial charge in [-0.15, -0.1) is 5.10 Å². The SMILES string of the molecule is COc1ccc(NC(=O)c2cn(C)nc2-c2ccc(F)cc2F)cc1-n1nnnc1C. The number of carbonyl (C=O) groups excluding carboxylic acids is 1. The number of anilines is 1. The standard InChI is InChI=1S/C20H17F2N7O2/c1-11-24-26-27-29(11)17-9-13(5-7-18(17)31-3)23-20(30)15-10-28(2)25-19(15)14-6-4-12(21)8-16(14)22/h4-10H,1-3H3,(H,23,30). The minimum atomic E-state index is -0.811. The maximum Gasteiger partial charge on any atom is 0.259 e. The van der Waals surface area contributed by atoms with Crippen LogP contribution in [0.2, 0.25) is 0 Å². The molecule has 0 saturated carbocycles. The minimum Gasteiger partial charge on any atom is -0.494 e. The number of aryl methyl sites for hydroxylation is 2. The molecule has 0 atom stereocenters. The van der Waals surface area contributed by atoms with E-state index in [0.29, 0.717) is 22.9 Å². The Hall–Kier alpha value is -4.15. The summed E-state index contributed by atoms with van der Waals surface area (Å²) in [7, 11) is 3.11. The van der Waals surface area contributed by atoms with Crippen molar-refractivity contribution in [1.82, 2.24) is 30.0 Å². The second-order valence-corrected chi connectivity index (χ2v) is 6.67. The fraction of sp³-hybridized carbons (Fsp3) is 0.150. The Morgan fingerprint density at radius 1 is 1.16 bits per heavy atom. The van der Waals surface area contributed by atoms with Crippen molar-refractivity contribution in [3.8, 4) is 22.7 Å². The molecule has 4 rings (SSSR count). The Morgan fingerprint density at radius 3 is 2.65 bits per heavy atom. The molecule has 2 aromatic heterocycles. The number of ether oxygens (including phenoxy) is 1. The van der Waals surface area contributed by atoms with Gasteiger partial charge in [-0.3, -0.25) is 9.48 Å². The molecule has 2 heterocycles. The van der Waals surface area contributed by atoms with Gasteiger partial charge in [0, 0.05) is 30.6 Å². The Morgan fingerprint density at radius 2 is 1.97 bits per heavy atom. The van der Waals surface area contributed by atoms with Crippen LogP contribution in [0.5, 0.6) is 5.75 Å². The van der Waals surface area contributed by atoms with Crippen molar-refractivity contribution in [1.29, 1.82) is 0 Å². The van der Waals surface area contributed by atoms with Crippen LogP contribution in [0.4, 0.5) is 14.5 Å². The monoisotopic (exact) mass is 425 g/mol. The van der Waals surface area contributed by atoms with Gasteiger partial charge in [0.1, 0.15) is 28.8 Å². The van der Waals surface area contributed by atoms with E-state index in [0.717, 1.165) is 12.1 Å². The summed E-state index contributed by atoms with van der Waals surface area (Å²) in [6.07, 6.45) is 1.46. The molecule has 0 bridgehead atoms.